The number of aryl methyl sites for hydroxylation is 1. The fourth-order valence-corrected chi connectivity index (χ4v) is 3.91. The van der Waals surface area contributed by atoms with Crippen LogP contribution in [0.1, 0.15) is 31.7 Å². The molecule has 3 heterocycles. The molecule has 6 nitrogen and oxygen atoms in total. The van der Waals surface area contributed by atoms with Crippen LogP contribution in [-0.4, -0.2) is 32.8 Å². The average molecular weight is 385 g/mol. The largest absolute Gasteiger partial charge is 0.413 e. The molecule has 1 aliphatic rings. The van der Waals surface area contributed by atoms with Crippen molar-refractivity contribution in [1.82, 2.24) is 20.2 Å². The first-order chi connectivity index (χ1) is 14.2. The third kappa shape index (κ3) is 3.35. The molecule has 0 aliphatic carbocycles. The maximum atomic E-state index is 5.95. The Morgan fingerprint density at radius 1 is 0.931 bits per heavy atom. The lowest BCUT2D eigenvalue weighted by molar-refractivity contribution is 0.482. The quantitative estimate of drug-likeness (QED) is 0.492. The van der Waals surface area contributed by atoms with E-state index in [4.69, 9.17) is 14.4 Å². The van der Waals surface area contributed by atoms with Crippen LogP contribution < -0.4 is 4.90 Å². The number of nitrogens with zero attached hydrogens (tertiary/aromatic N) is 5. The fraction of sp³-hybridized carbons (Fsp3) is 0.304. The zero-order chi connectivity index (χ0) is 19.8. The molecule has 0 unspecified atom stereocenters. The Balaban J connectivity index is 1.60. The van der Waals surface area contributed by atoms with Gasteiger partial charge in [0.2, 0.25) is 11.7 Å². The Morgan fingerprint density at radius 3 is 2.55 bits per heavy atom. The Bertz CT molecular complexity index is 1150. The van der Waals surface area contributed by atoms with Crippen molar-refractivity contribution in [3.63, 3.8) is 0 Å². The highest BCUT2D eigenvalue weighted by Crippen LogP contribution is 2.32. The normalized spacial score (nSPS) is 17.0. The van der Waals surface area contributed by atoms with Crippen molar-refractivity contribution in [2.45, 2.75) is 39.2 Å². The van der Waals surface area contributed by atoms with E-state index >= 15 is 0 Å². The molecule has 0 amide bonds. The Kier molecular flexibility index (Phi) is 4.46. The molecule has 1 aliphatic heterocycles. The lowest BCUT2D eigenvalue weighted by atomic mass is 10.0. The highest BCUT2D eigenvalue weighted by atomic mass is 16.4. The van der Waals surface area contributed by atoms with Crippen molar-refractivity contribution in [2.75, 3.05) is 11.4 Å². The van der Waals surface area contributed by atoms with Crippen LogP contribution in [0.2, 0.25) is 0 Å². The summed E-state index contributed by atoms with van der Waals surface area (Å²) in [6.45, 7) is 5.31. The third-order valence-electron chi connectivity index (χ3n) is 5.57. The summed E-state index contributed by atoms with van der Waals surface area (Å²) < 4.78 is 5.95. The molecule has 4 aromatic rings. The summed E-state index contributed by atoms with van der Waals surface area (Å²) in [6, 6.07) is 16.6. The molecule has 5 rings (SSSR count). The Labute approximate surface area is 169 Å². The fourth-order valence-electron chi connectivity index (χ4n) is 3.91. The molecule has 2 aromatic carbocycles. The molecular weight excluding hydrogens is 362 g/mol. The van der Waals surface area contributed by atoms with Crippen molar-refractivity contribution >= 4 is 16.7 Å². The van der Waals surface area contributed by atoms with Gasteiger partial charge in [-0.15, -0.1) is 10.2 Å². The van der Waals surface area contributed by atoms with E-state index in [-0.39, 0.29) is 0 Å². The second kappa shape index (κ2) is 7.28. The smallest absolute Gasteiger partial charge is 0.286 e. The summed E-state index contributed by atoms with van der Waals surface area (Å²) >= 11 is 0. The van der Waals surface area contributed by atoms with Crippen LogP contribution in [0.5, 0.6) is 0 Å². The van der Waals surface area contributed by atoms with Crippen molar-refractivity contribution in [3.8, 4) is 23.2 Å². The van der Waals surface area contributed by atoms with Crippen LogP contribution in [0, 0.1) is 6.92 Å². The summed E-state index contributed by atoms with van der Waals surface area (Å²) in [4.78, 5) is 12.0. The molecule has 0 bridgehead atoms. The van der Waals surface area contributed by atoms with Crippen LogP contribution in [0.25, 0.3) is 34.1 Å². The minimum atomic E-state index is 0.345. The van der Waals surface area contributed by atoms with Gasteiger partial charge >= 0.3 is 0 Å². The lowest BCUT2D eigenvalue weighted by Crippen LogP contribution is -2.38. The SMILES string of the molecule is Cc1ccc(-c2nnc(-c3nc(N4CCCC[C@H]4C)c4ccccc4n3)o2)cc1. The van der Waals surface area contributed by atoms with E-state index in [0.717, 1.165) is 28.8 Å². The van der Waals surface area contributed by atoms with Crippen LogP contribution in [0.3, 0.4) is 0 Å². The number of benzene rings is 2. The molecule has 29 heavy (non-hydrogen) atoms. The second-order valence-electron chi connectivity index (χ2n) is 7.70. The minimum Gasteiger partial charge on any atom is -0.413 e. The van der Waals surface area contributed by atoms with Gasteiger partial charge in [0.25, 0.3) is 5.89 Å². The first kappa shape index (κ1) is 17.8. The number of anilines is 1. The zero-order valence-corrected chi connectivity index (χ0v) is 16.7. The molecule has 0 spiro atoms. The van der Waals surface area contributed by atoms with Gasteiger partial charge in [-0.25, -0.2) is 9.97 Å². The first-order valence-corrected chi connectivity index (χ1v) is 10.1. The Morgan fingerprint density at radius 2 is 1.72 bits per heavy atom. The van der Waals surface area contributed by atoms with E-state index in [1.165, 1.54) is 24.8 Å². The number of rotatable bonds is 3. The molecule has 0 N–H and O–H groups in total. The maximum Gasteiger partial charge on any atom is 0.286 e. The van der Waals surface area contributed by atoms with Gasteiger partial charge in [-0.1, -0.05) is 29.8 Å². The van der Waals surface area contributed by atoms with Gasteiger partial charge in [-0.05, 0) is 57.4 Å². The van der Waals surface area contributed by atoms with Gasteiger partial charge in [0.1, 0.15) is 5.82 Å². The van der Waals surface area contributed by atoms with E-state index in [1.807, 2.05) is 42.5 Å². The zero-order valence-electron chi connectivity index (χ0n) is 16.7. The van der Waals surface area contributed by atoms with E-state index in [0.29, 0.717) is 23.6 Å². The molecule has 0 saturated carbocycles. The van der Waals surface area contributed by atoms with Gasteiger partial charge < -0.3 is 9.32 Å². The summed E-state index contributed by atoms with van der Waals surface area (Å²) in [5.74, 6) is 2.25. The average Bonchev–Trinajstić information content (AvgIpc) is 3.24. The van der Waals surface area contributed by atoms with Crippen LogP contribution in [0.4, 0.5) is 5.82 Å². The number of para-hydroxylation sites is 1. The highest BCUT2D eigenvalue weighted by Gasteiger charge is 2.24. The molecule has 0 radical (unpaired) electrons. The van der Waals surface area contributed by atoms with Gasteiger partial charge in [-0.3, -0.25) is 0 Å². The van der Waals surface area contributed by atoms with Crippen LogP contribution >= 0.6 is 0 Å². The molecule has 1 fully saturated rings. The van der Waals surface area contributed by atoms with Crippen LogP contribution in [-0.2, 0) is 0 Å². The minimum absolute atomic E-state index is 0.345. The number of fused-ring (bicyclic) bond motifs is 1. The van der Waals surface area contributed by atoms with Gasteiger partial charge in [0.15, 0.2) is 0 Å². The predicted octanol–water partition coefficient (Wildman–Crippen LogP) is 5.03. The maximum absolute atomic E-state index is 5.95. The highest BCUT2D eigenvalue weighted by molar-refractivity contribution is 5.90. The molecular formula is C23H23N5O. The van der Waals surface area contributed by atoms with E-state index in [1.54, 1.807) is 0 Å². The molecule has 2 aromatic heterocycles. The predicted molar refractivity (Wildman–Crippen MR) is 114 cm³/mol. The number of hydrogen-bond acceptors (Lipinski definition) is 6. The first-order valence-electron chi connectivity index (χ1n) is 10.1. The summed E-state index contributed by atoms with van der Waals surface area (Å²) in [7, 11) is 0. The molecule has 1 atom stereocenters. The molecule has 6 heteroatoms. The molecule has 146 valence electrons. The topological polar surface area (TPSA) is 67.9 Å². The van der Waals surface area contributed by atoms with Gasteiger partial charge in [0, 0.05) is 23.5 Å². The summed E-state index contributed by atoms with van der Waals surface area (Å²) in [6.07, 6.45) is 3.61. The Hall–Kier alpha value is -3.28. The standard InChI is InChI=1S/C23H23N5O/c1-15-10-12-17(13-11-15)22-26-27-23(29-22)20-24-19-9-4-3-8-18(19)21(25-20)28-14-6-5-7-16(28)2/h3-4,8-13,16H,5-7,14H2,1-2H3/t16-/m1/s1. The number of aromatic nitrogens is 4. The van der Waals surface area contributed by atoms with Crippen LogP contribution in [0.15, 0.2) is 52.9 Å². The monoisotopic (exact) mass is 385 g/mol. The second-order valence-corrected chi connectivity index (χ2v) is 7.70. The van der Waals surface area contributed by atoms with E-state index < -0.39 is 0 Å². The van der Waals surface area contributed by atoms with Crippen molar-refractivity contribution in [1.29, 1.82) is 0 Å². The lowest BCUT2D eigenvalue weighted by Gasteiger charge is -2.35. The van der Waals surface area contributed by atoms with E-state index in [2.05, 4.69) is 35.0 Å². The van der Waals surface area contributed by atoms with Gasteiger partial charge in [0.05, 0.1) is 5.52 Å². The summed E-state index contributed by atoms with van der Waals surface area (Å²) in [5.41, 5.74) is 2.96. The summed E-state index contributed by atoms with van der Waals surface area (Å²) in [5, 5.41) is 9.52. The number of piperidine rings is 1. The van der Waals surface area contributed by atoms with E-state index in [9.17, 15) is 0 Å². The molecule has 1 saturated heterocycles. The van der Waals surface area contributed by atoms with Gasteiger partial charge in [-0.2, -0.15) is 0 Å². The van der Waals surface area contributed by atoms with Crippen molar-refractivity contribution in [3.05, 3.63) is 54.1 Å². The van der Waals surface area contributed by atoms with Crippen molar-refractivity contribution < 1.29 is 4.42 Å². The third-order valence-corrected chi connectivity index (χ3v) is 5.57. The number of hydrogen-bond donors (Lipinski definition) is 0. The van der Waals surface area contributed by atoms with Crippen molar-refractivity contribution in [2.24, 2.45) is 0 Å².